The third-order valence-corrected chi connectivity index (χ3v) is 7.18. The molecule has 0 heterocycles. The van der Waals surface area contributed by atoms with Crippen LogP contribution in [-0.4, -0.2) is 46.7 Å². The summed E-state index contributed by atoms with van der Waals surface area (Å²) in [6, 6.07) is 8.67. The van der Waals surface area contributed by atoms with Gasteiger partial charge in [-0.1, -0.05) is 78.4 Å². The Hall–Kier alpha value is -3.17. The van der Waals surface area contributed by atoms with Gasteiger partial charge in [0.05, 0.1) is 12.1 Å². The third-order valence-electron chi connectivity index (χ3n) is 7.18. The maximum Gasteiger partial charge on any atom is 2.00 e. The van der Waals surface area contributed by atoms with Crippen LogP contribution >= 0.6 is 0 Å². The topological polar surface area (TPSA) is 145 Å². The first-order valence-electron chi connectivity index (χ1n) is 16.1. The molecular weight excluding hydrogens is 615 g/mol. The normalized spacial score (nSPS) is 15.9. The van der Waals surface area contributed by atoms with Gasteiger partial charge < -0.3 is 30.0 Å². The molecule has 3 rings (SSSR count). The van der Waals surface area contributed by atoms with Gasteiger partial charge in [0.15, 0.2) is 0 Å². The number of aliphatic imine (C=N–C) groups is 2. The Labute approximate surface area is 280 Å². The molecule has 1 aliphatic carbocycles. The summed E-state index contributed by atoms with van der Waals surface area (Å²) in [7, 11) is 0. The van der Waals surface area contributed by atoms with Crippen molar-refractivity contribution in [3.05, 3.63) is 57.6 Å². The number of hydrogen-bond acceptors (Lipinski definition) is 8. The quantitative estimate of drug-likeness (QED) is 0.295. The maximum absolute atomic E-state index is 10.9. The first kappa shape index (κ1) is 41.8. The molecule has 9 heteroatoms. The number of hydrogen-bond donors (Lipinski definition) is 2. The van der Waals surface area contributed by atoms with Crippen LogP contribution in [0.1, 0.15) is 126 Å². The Morgan fingerprint density at radius 2 is 1.00 bits per heavy atom. The van der Waals surface area contributed by atoms with Crippen molar-refractivity contribution in [3.8, 4) is 11.5 Å². The van der Waals surface area contributed by atoms with Gasteiger partial charge in [-0.3, -0.25) is 9.98 Å². The number of rotatable bonds is 12. The van der Waals surface area contributed by atoms with E-state index >= 15 is 0 Å². The molecule has 0 bridgehead atoms. The molecule has 1 fully saturated rings. The molecule has 0 aromatic heterocycles. The molecule has 0 saturated heterocycles. The van der Waals surface area contributed by atoms with E-state index in [4.69, 9.17) is 29.8 Å². The summed E-state index contributed by atoms with van der Waals surface area (Å²) in [5.41, 5.74) is 6.23. The number of carboxylic acids is 2. The molecule has 0 aliphatic heterocycles. The maximum atomic E-state index is 10.9. The minimum absolute atomic E-state index is 0. The summed E-state index contributed by atoms with van der Waals surface area (Å²) in [4.78, 5) is 27.7. The predicted octanol–water partition coefficient (Wildman–Crippen LogP) is 5.27. The standard InChI is InChI=1S/C32H46N2O2.2C2H4O2.Co/c1-5-11-23-17-25(13-7-3)31(35)27(19-23)21-33-29-15-9-10-16-30(29)34-22-28-20-24(12-6-2)18-26(14-8-4)32(28)36;2*1-2(3)4;/h17-22,29-30,35-36H,5-16H2,1-4H3;2*1H3,(H,3,4);/q;;;+2/p-2. The molecule has 0 amide bonds. The van der Waals surface area contributed by atoms with E-state index in [0.29, 0.717) is 11.5 Å². The molecule has 251 valence electrons. The molecule has 2 unspecified atom stereocenters. The van der Waals surface area contributed by atoms with Crippen LogP contribution in [0.2, 0.25) is 0 Å². The van der Waals surface area contributed by atoms with E-state index in [-0.39, 0.29) is 28.9 Å². The molecule has 45 heavy (non-hydrogen) atoms. The number of aliphatic carboxylic acids is 2. The second-order valence-corrected chi connectivity index (χ2v) is 11.3. The predicted molar refractivity (Wildman–Crippen MR) is 175 cm³/mol. The fraction of sp³-hybridized carbons (Fsp3) is 0.556. The van der Waals surface area contributed by atoms with Crippen molar-refractivity contribution in [2.45, 2.75) is 131 Å². The Balaban J connectivity index is 0.00000192. The fourth-order valence-corrected chi connectivity index (χ4v) is 5.35. The van der Waals surface area contributed by atoms with Crippen molar-refractivity contribution in [2.24, 2.45) is 9.98 Å². The molecule has 2 aromatic carbocycles. The summed E-state index contributed by atoms with van der Waals surface area (Å²) in [6.07, 6.45) is 16.0. The Kier molecular flexibility index (Phi) is 21.6. The smallest absolute Gasteiger partial charge is 0.550 e. The number of aryl methyl sites for hydroxylation is 4. The summed E-state index contributed by atoms with van der Waals surface area (Å²) in [6.45, 7) is 10.6. The summed E-state index contributed by atoms with van der Waals surface area (Å²) < 4.78 is 0. The second-order valence-electron chi connectivity index (χ2n) is 11.3. The SMILES string of the molecule is CC(=O)[O-].CC(=O)[O-].CCCc1cc(C=NC2CCCCC2N=Cc2cc(CCC)cc(CCC)c2O)c(O)c(CCC)c1.[Co+2]. The van der Waals surface area contributed by atoms with Crippen molar-refractivity contribution in [2.75, 3.05) is 0 Å². The molecular formula is C36H52CoN2O6. The Morgan fingerprint density at radius 3 is 1.29 bits per heavy atom. The van der Waals surface area contributed by atoms with Crippen molar-refractivity contribution in [1.82, 2.24) is 0 Å². The first-order valence-corrected chi connectivity index (χ1v) is 16.1. The summed E-state index contributed by atoms with van der Waals surface area (Å²) in [5, 5.41) is 39.5. The first-order chi connectivity index (χ1) is 21.0. The number of carbonyl (C=O) groups is 2. The molecule has 2 atom stereocenters. The molecule has 1 radical (unpaired) electrons. The minimum Gasteiger partial charge on any atom is -0.550 e. The average Bonchev–Trinajstić information content (AvgIpc) is 2.95. The average molecular weight is 668 g/mol. The van der Waals surface area contributed by atoms with E-state index < -0.39 is 11.9 Å². The Bertz CT molecular complexity index is 1140. The fourth-order valence-electron chi connectivity index (χ4n) is 5.35. The van der Waals surface area contributed by atoms with Crippen LogP contribution in [0.25, 0.3) is 0 Å². The van der Waals surface area contributed by atoms with Gasteiger partial charge in [-0.2, -0.15) is 0 Å². The molecule has 2 aromatic rings. The van der Waals surface area contributed by atoms with Crippen molar-refractivity contribution >= 4 is 24.4 Å². The van der Waals surface area contributed by atoms with Gasteiger partial charge in [-0.25, -0.2) is 0 Å². The van der Waals surface area contributed by atoms with Crippen LogP contribution in [0.15, 0.2) is 34.3 Å². The van der Waals surface area contributed by atoms with Crippen LogP contribution in [-0.2, 0) is 52.1 Å². The molecule has 1 aliphatic rings. The number of phenolic OH excluding ortho intramolecular Hbond substituents is 2. The van der Waals surface area contributed by atoms with Gasteiger partial charge in [-0.05, 0) is 86.8 Å². The van der Waals surface area contributed by atoms with Crippen LogP contribution in [0.3, 0.4) is 0 Å². The van der Waals surface area contributed by atoms with Gasteiger partial charge in [0, 0.05) is 35.5 Å². The molecule has 2 N–H and O–H groups in total. The van der Waals surface area contributed by atoms with E-state index in [9.17, 15) is 10.2 Å². The largest absolute Gasteiger partial charge is 2.00 e. The van der Waals surface area contributed by atoms with Crippen molar-refractivity contribution in [3.63, 3.8) is 0 Å². The number of nitrogens with zero attached hydrogens (tertiary/aromatic N) is 2. The number of phenols is 2. The van der Waals surface area contributed by atoms with E-state index in [2.05, 4.69) is 52.0 Å². The van der Waals surface area contributed by atoms with Gasteiger partial charge in [0.1, 0.15) is 11.5 Å². The summed E-state index contributed by atoms with van der Waals surface area (Å²) in [5.74, 6) is -1.42. The number of benzene rings is 2. The number of carboxylic acid groups (broad SMARTS) is 2. The molecule has 0 spiro atoms. The van der Waals surface area contributed by atoms with Gasteiger partial charge in [0.2, 0.25) is 0 Å². The molecule has 1 saturated carbocycles. The number of carbonyl (C=O) groups excluding carboxylic acids is 2. The monoisotopic (exact) mass is 667 g/mol. The van der Waals surface area contributed by atoms with Crippen LogP contribution in [0.5, 0.6) is 11.5 Å². The zero-order chi connectivity index (χ0) is 33.1. The van der Waals surface area contributed by atoms with E-state index in [1.165, 1.54) is 11.1 Å². The minimum atomic E-state index is -1.08. The zero-order valence-corrected chi connectivity index (χ0v) is 28.9. The van der Waals surface area contributed by atoms with Crippen molar-refractivity contribution < 1.29 is 46.8 Å². The van der Waals surface area contributed by atoms with Gasteiger partial charge in [-0.15, -0.1) is 0 Å². The third kappa shape index (κ3) is 16.1. The Morgan fingerprint density at radius 1 is 0.689 bits per heavy atom. The zero-order valence-electron chi connectivity index (χ0n) is 27.9. The van der Waals surface area contributed by atoms with Crippen LogP contribution in [0.4, 0.5) is 0 Å². The molecule has 8 nitrogen and oxygen atoms in total. The van der Waals surface area contributed by atoms with Crippen LogP contribution in [0, 0.1) is 0 Å². The van der Waals surface area contributed by atoms with E-state index in [0.717, 1.165) is 113 Å². The van der Waals surface area contributed by atoms with Crippen molar-refractivity contribution in [1.29, 1.82) is 0 Å². The van der Waals surface area contributed by atoms with Gasteiger partial charge in [0.25, 0.3) is 0 Å². The second kappa shape index (κ2) is 23.2. The van der Waals surface area contributed by atoms with Crippen LogP contribution < -0.4 is 10.2 Å². The summed E-state index contributed by atoms with van der Waals surface area (Å²) >= 11 is 0. The van der Waals surface area contributed by atoms with E-state index in [1.807, 2.05) is 12.4 Å². The number of aromatic hydroxyl groups is 2. The van der Waals surface area contributed by atoms with E-state index in [1.54, 1.807) is 0 Å². The van der Waals surface area contributed by atoms with Gasteiger partial charge >= 0.3 is 16.8 Å².